The van der Waals surface area contributed by atoms with Gasteiger partial charge in [-0.1, -0.05) is 51.4 Å². The van der Waals surface area contributed by atoms with Gasteiger partial charge in [-0.05, 0) is 26.2 Å². The quantitative estimate of drug-likeness (QED) is 0.305. The molecule has 0 aliphatic heterocycles. The lowest BCUT2D eigenvalue weighted by Gasteiger charge is -2.27. The molecule has 3 atom stereocenters. The highest BCUT2D eigenvalue weighted by atomic mass is 16.4. The van der Waals surface area contributed by atoms with Crippen LogP contribution in [0, 0.1) is 11.8 Å². The minimum absolute atomic E-state index is 0.223. The molecular formula is C19H34O5. The van der Waals surface area contributed by atoms with Gasteiger partial charge in [-0.15, -0.1) is 5.92 Å². The maximum absolute atomic E-state index is 10.4. The Morgan fingerprint density at radius 1 is 1.04 bits per heavy atom. The summed E-state index contributed by atoms with van der Waals surface area (Å²) in [6, 6.07) is 0. The van der Waals surface area contributed by atoms with E-state index in [-0.39, 0.29) is 6.42 Å². The van der Waals surface area contributed by atoms with E-state index in [4.69, 9.17) is 5.11 Å². The molecule has 0 aliphatic carbocycles. The van der Waals surface area contributed by atoms with Crippen molar-refractivity contribution in [2.24, 2.45) is 0 Å². The lowest BCUT2D eigenvalue weighted by Crippen LogP contribution is -2.45. The van der Waals surface area contributed by atoms with E-state index < -0.39 is 23.8 Å². The van der Waals surface area contributed by atoms with Gasteiger partial charge >= 0.3 is 5.97 Å². The molecule has 0 radical (unpaired) electrons. The summed E-state index contributed by atoms with van der Waals surface area (Å²) < 4.78 is 0. The average Bonchev–Trinajstić information content (AvgIpc) is 2.52. The van der Waals surface area contributed by atoms with Gasteiger partial charge in [-0.25, -0.2) is 0 Å². The Hall–Kier alpha value is -1.09. The summed E-state index contributed by atoms with van der Waals surface area (Å²) in [5.41, 5.74) is -1.60. The van der Waals surface area contributed by atoms with Crippen molar-refractivity contribution in [1.29, 1.82) is 0 Å². The SMILES string of the molecule is CCCCCC(O)C(O)C(C)(O)C#CCCCCCCCC(=O)O. The Morgan fingerprint density at radius 2 is 1.67 bits per heavy atom. The fraction of sp³-hybridized carbons (Fsp3) is 0.842. The maximum Gasteiger partial charge on any atom is 0.303 e. The first-order chi connectivity index (χ1) is 11.3. The number of aliphatic carboxylic acids is 1. The van der Waals surface area contributed by atoms with Crippen molar-refractivity contribution in [1.82, 2.24) is 0 Å². The molecule has 0 fully saturated rings. The van der Waals surface area contributed by atoms with Crippen LogP contribution >= 0.6 is 0 Å². The Morgan fingerprint density at radius 3 is 2.29 bits per heavy atom. The third-order valence-electron chi connectivity index (χ3n) is 4.08. The van der Waals surface area contributed by atoms with Crippen molar-refractivity contribution in [3.63, 3.8) is 0 Å². The van der Waals surface area contributed by atoms with E-state index >= 15 is 0 Å². The maximum atomic E-state index is 10.4. The third kappa shape index (κ3) is 11.4. The molecule has 0 rings (SSSR count). The molecular weight excluding hydrogens is 308 g/mol. The molecule has 0 spiro atoms. The van der Waals surface area contributed by atoms with E-state index in [1.165, 1.54) is 6.92 Å². The van der Waals surface area contributed by atoms with Crippen LogP contribution in [0.4, 0.5) is 0 Å². The van der Waals surface area contributed by atoms with Crippen molar-refractivity contribution in [2.75, 3.05) is 0 Å². The summed E-state index contributed by atoms with van der Waals surface area (Å²) in [7, 11) is 0. The van der Waals surface area contributed by atoms with Crippen molar-refractivity contribution in [2.45, 2.75) is 102 Å². The molecule has 0 heterocycles. The molecule has 0 aromatic heterocycles. The van der Waals surface area contributed by atoms with Gasteiger partial charge in [0.15, 0.2) is 5.60 Å². The van der Waals surface area contributed by atoms with Crippen molar-refractivity contribution in [3.8, 4) is 11.8 Å². The number of rotatable bonds is 13. The van der Waals surface area contributed by atoms with Gasteiger partial charge in [0.25, 0.3) is 0 Å². The van der Waals surface area contributed by atoms with Gasteiger partial charge in [-0.3, -0.25) is 4.79 Å². The molecule has 0 saturated carbocycles. The van der Waals surface area contributed by atoms with Gasteiger partial charge in [-0.2, -0.15) is 0 Å². The van der Waals surface area contributed by atoms with Gasteiger partial charge < -0.3 is 20.4 Å². The highest BCUT2D eigenvalue weighted by Crippen LogP contribution is 2.17. The molecule has 0 saturated heterocycles. The Labute approximate surface area is 146 Å². The smallest absolute Gasteiger partial charge is 0.303 e. The standard InChI is InChI=1S/C19H34O5/c1-3-4-10-13-16(20)18(23)19(2,24)15-12-9-7-5-6-8-11-14-17(21)22/h16,18,20,23-24H,3-11,13-14H2,1-2H3,(H,21,22). The van der Waals surface area contributed by atoms with E-state index in [0.29, 0.717) is 19.3 Å². The molecule has 0 aromatic carbocycles. The average molecular weight is 342 g/mol. The molecule has 3 unspecified atom stereocenters. The fourth-order valence-corrected chi connectivity index (χ4v) is 2.47. The van der Waals surface area contributed by atoms with Crippen molar-refractivity contribution >= 4 is 5.97 Å². The van der Waals surface area contributed by atoms with Crippen LogP contribution in [0.1, 0.15) is 84.5 Å². The molecule has 5 nitrogen and oxygen atoms in total. The van der Waals surface area contributed by atoms with Gasteiger partial charge in [0.1, 0.15) is 6.10 Å². The Balaban J connectivity index is 3.96. The second-order valence-electron chi connectivity index (χ2n) is 6.62. The Kier molecular flexibility index (Phi) is 12.6. The monoisotopic (exact) mass is 342 g/mol. The van der Waals surface area contributed by atoms with Crippen LogP contribution in [0.2, 0.25) is 0 Å². The molecule has 5 heteroatoms. The second kappa shape index (κ2) is 13.2. The zero-order chi connectivity index (χ0) is 18.4. The van der Waals surface area contributed by atoms with Crippen molar-refractivity contribution in [3.05, 3.63) is 0 Å². The van der Waals surface area contributed by atoms with Gasteiger partial charge in [0.2, 0.25) is 0 Å². The van der Waals surface area contributed by atoms with Crippen LogP contribution in [0.3, 0.4) is 0 Å². The number of carboxylic acid groups (broad SMARTS) is 1. The highest BCUT2D eigenvalue weighted by molar-refractivity contribution is 5.66. The van der Waals surface area contributed by atoms with Crippen LogP contribution in [0.25, 0.3) is 0 Å². The number of aliphatic hydroxyl groups excluding tert-OH is 2. The zero-order valence-electron chi connectivity index (χ0n) is 15.1. The minimum Gasteiger partial charge on any atom is -0.481 e. The van der Waals surface area contributed by atoms with Gasteiger partial charge in [0.05, 0.1) is 6.10 Å². The van der Waals surface area contributed by atoms with E-state index in [2.05, 4.69) is 18.8 Å². The van der Waals surface area contributed by atoms with Crippen LogP contribution in [0.5, 0.6) is 0 Å². The molecule has 4 N–H and O–H groups in total. The minimum atomic E-state index is -1.60. The lowest BCUT2D eigenvalue weighted by atomic mass is 9.92. The first kappa shape index (κ1) is 22.9. The summed E-state index contributed by atoms with van der Waals surface area (Å²) in [4.78, 5) is 10.4. The number of carboxylic acids is 1. The normalized spacial score (nSPS) is 15.9. The van der Waals surface area contributed by atoms with E-state index in [0.717, 1.165) is 44.9 Å². The van der Waals surface area contributed by atoms with Crippen molar-refractivity contribution < 1.29 is 25.2 Å². The lowest BCUT2D eigenvalue weighted by molar-refractivity contribution is -0.137. The fourth-order valence-electron chi connectivity index (χ4n) is 2.47. The van der Waals surface area contributed by atoms with Crippen LogP contribution in [0.15, 0.2) is 0 Å². The summed E-state index contributed by atoms with van der Waals surface area (Å²) in [6.45, 7) is 3.50. The van der Waals surface area contributed by atoms with Crippen LogP contribution < -0.4 is 0 Å². The first-order valence-electron chi connectivity index (χ1n) is 9.11. The largest absolute Gasteiger partial charge is 0.481 e. The Bertz CT molecular complexity index is 394. The first-order valence-corrected chi connectivity index (χ1v) is 9.11. The molecule has 0 amide bonds. The summed E-state index contributed by atoms with van der Waals surface area (Å²) >= 11 is 0. The number of aliphatic hydroxyl groups is 3. The number of hydrogen-bond acceptors (Lipinski definition) is 4. The number of carbonyl (C=O) groups is 1. The van der Waals surface area contributed by atoms with E-state index in [1.807, 2.05) is 0 Å². The topological polar surface area (TPSA) is 98.0 Å². The molecule has 0 aliphatic rings. The van der Waals surface area contributed by atoms with E-state index in [9.17, 15) is 20.1 Å². The molecule has 0 aromatic rings. The predicted octanol–water partition coefficient (Wildman–Crippen LogP) is 2.86. The number of unbranched alkanes of at least 4 members (excludes halogenated alkanes) is 7. The summed E-state index contributed by atoms with van der Waals surface area (Å²) in [6.07, 6.45) is 6.36. The summed E-state index contributed by atoms with van der Waals surface area (Å²) in [5.74, 6) is 4.79. The number of hydrogen-bond donors (Lipinski definition) is 4. The van der Waals surface area contributed by atoms with Crippen LogP contribution in [-0.4, -0.2) is 44.2 Å². The van der Waals surface area contributed by atoms with Gasteiger partial charge in [0, 0.05) is 12.8 Å². The van der Waals surface area contributed by atoms with Crippen LogP contribution in [-0.2, 0) is 4.79 Å². The predicted molar refractivity (Wildman–Crippen MR) is 94.5 cm³/mol. The highest BCUT2D eigenvalue weighted by Gasteiger charge is 2.33. The molecule has 0 bridgehead atoms. The van der Waals surface area contributed by atoms with E-state index in [1.54, 1.807) is 0 Å². The summed E-state index contributed by atoms with van der Waals surface area (Å²) in [5, 5.41) is 38.7. The molecule has 140 valence electrons. The molecule has 24 heavy (non-hydrogen) atoms. The zero-order valence-corrected chi connectivity index (χ0v) is 15.1. The third-order valence-corrected chi connectivity index (χ3v) is 4.08. The second-order valence-corrected chi connectivity index (χ2v) is 6.62.